The number of rotatable bonds is 8. The van der Waals surface area contributed by atoms with Crippen molar-refractivity contribution in [2.45, 2.75) is 141 Å². The Kier molecular flexibility index (Phi) is 6.14. The topological polar surface area (TPSA) is 0 Å². The molecular weight excluding hydrogens is 347 g/mol. The Morgan fingerprint density at radius 3 is 1.07 bits per heavy atom. The van der Waals surface area contributed by atoms with Crippen LogP contribution in [0.4, 0.5) is 0 Å². The van der Waals surface area contributed by atoms with Crippen LogP contribution in [0.25, 0.3) is 0 Å². The Morgan fingerprint density at radius 2 is 0.828 bits per heavy atom. The maximum Gasteiger partial charge on any atom is 0.140 e. The maximum absolute atomic E-state index is 2.79. The zero-order valence-electron chi connectivity index (χ0n) is 21.1. The quantitative estimate of drug-likeness (QED) is 0.417. The summed E-state index contributed by atoms with van der Waals surface area (Å²) in [6, 6.07) is 2.79. The molecule has 29 heavy (non-hydrogen) atoms. The summed E-state index contributed by atoms with van der Waals surface area (Å²) in [7, 11) is 2.53. The molecule has 0 saturated carbocycles. The van der Waals surface area contributed by atoms with Crippen LogP contribution in [0.1, 0.15) is 142 Å². The molecule has 0 amide bonds. The smallest absolute Gasteiger partial charge is 0.0810 e. The van der Waals surface area contributed by atoms with Crippen molar-refractivity contribution in [1.82, 2.24) is 0 Å². The molecule has 0 aliphatic heterocycles. The van der Waals surface area contributed by atoms with Crippen molar-refractivity contribution in [3.8, 4) is 0 Å². The standard InChI is InChI=1S/C28H47B/c1-9-25(10-2)18-27(13-5,14-6)22-20(25)17-21-23(24(22)29)28(15-7,16-8)19-26(21,11-3)12-4/h17H,9-16,18-19,29H2,1-8H3. The van der Waals surface area contributed by atoms with E-state index in [4.69, 9.17) is 0 Å². The molecular formula is C28H47B. The van der Waals surface area contributed by atoms with Gasteiger partial charge in [0.25, 0.3) is 0 Å². The lowest BCUT2D eigenvalue weighted by atomic mass is 9.65. The Hall–Kier alpha value is -0.715. The molecule has 1 heteroatoms. The van der Waals surface area contributed by atoms with Gasteiger partial charge in [0.15, 0.2) is 0 Å². The van der Waals surface area contributed by atoms with Gasteiger partial charge in [-0.15, -0.1) is 0 Å². The molecule has 162 valence electrons. The van der Waals surface area contributed by atoms with Gasteiger partial charge >= 0.3 is 0 Å². The molecule has 0 nitrogen and oxygen atoms in total. The van der Waals surface area contributed by atoms with Crippen molar-refractivity contribution in [2.24, 2.45) is 0 Å². The predicted octanol–water partition coefficient (Wildman–Crippen LogP) is 6.98. The number of hydrogen-bond acceptors (Lipinski definition) is 0. The second-order valence-electron chi connectivity index (χ2n) is 10.6. The van der Waals surface area contributed by atoms with E-state index < -0.39 is 0 Å². The van der Waals surface area contributed by atoms with Crippen molar-refractivity contribution in [1.29, 1.82) is 0 Å². The van der Waals surface area contributed by atoms with Crippen molar-refractivity contribution < 1.29 is 0 Å². The molecule has 0 radical (unpaired) electrons. The predicted molar refractivity (Wildman–Crippen MR) is 133 cm³/mol. The number of fused-ring (bicyclic) bond motifs is 2. The van der Waals surface area contributed by atoms with E-state index in [2.05, 4.69) is 69.3 Å². The number of hydrogen-bond donors (Lipinski definition) is 0. The van der Waals surface area contributed by atoms with Crippen LogP contribution in [0.3, 0.4) is 0 Å². The van der Waals surface area contributed by atoms with E-state index in [-0.39, 0.29) is 0 Å². The summed E-state index contributed by atoms with van der Waals surface area (Å²) in [6.45, 7) is 19.6. The van der Waals surface area contributed by atoms with E-state index in [0.717, 1.165) is 0 Å². The Balaban J connectivity index is 2.46. The highest BCUT2D eigenvalue weighted by Crippen LogP contribution is 2.61. The van der Waals surface area contributed by atoms with Gasteiger partial charge in [-0.2, -0.15) is 0 Å². The van der Waals surface area contributed by atoms with Crippen molar-refractivity contribution in [2.75, 3.05) is 0 Å². The molecule has 2 aliphatic carbocycles. The fourth-order valence-corrected chi connectivity index (χ4v) is 8.15. The van der Waals surface area contributed by atoms with Gasteiger partial charge in [-0.3, -0.25) is 0 Å². The summed E-state index contributed by atoms with van der Waals surface area (Å²) in [4.78, 5) is 0. The SMILES string of the molecule is Bc1c2c(cc3c1C(CC)(CC)CC3(CC)CC)C(CC)(CC)CC2(CC)CC. The van der Waals surface area contributed by atoms with E-state index in [1.54, 1.807) is 27.7 Å². The summed E-state index contributed by atoms with van der Waals surface area (Å²) in [5.74, 6) is 0. The van der Waals surface area contributed by atoms with Gasteiger partial charge in [-0.1, -0.05) is 66.9 Å². The largest absolute Gasteiger partial charge is 0.140 e. The van der Waals surface area contributed by atoms with Gasteiger partial charge in [0, 0.05) is 0 Å². The molecule has 0 N–H and O–H groups in total. The minimum Gasteiger partial charge on any atom is -0.0810 e. The summed E-state index contributed by atoms with van der Waals surface area (Å²) < 4.78 is 0. The monoisotopic (exact) mass is 394 g/mol. The first-order valence-electron chi connectivity index (χ1n) is 13.0. The Bertz CT molecular complexity index is 680. The first kappa shape index (κ1) is 23.0. The summed E-state index contributed by atoms with van der Waals surface area (Å²) in [6.07, 6.45) is 13.0. The molecule has 2 aliphatic rings. The zero-order valence-corrected chi connectivity index (χ0v) is 21.1. The van der Waals surface area contributed by atoms with Crippen molar-refractivity contribution in [3.05, 3.63) is 28.3 Å². The molecule has 0 atom stereocenters. The van der Waals surface area contributed by atoms with Crippen LogP contribution in [0, 0.1) is 0 Å². The molecule has 3 rings (SSSR count). The first-order valence-corrected chi connectivity index (χ1v) is 13.0. The fourth-order valence-electron chi connectivity index (χ4n) is 8.15. The zero-order chi connectivity index (χ0) is 21.7. The molecule has 0 spiro atoms. The summed E-state index contributed by atoms with van der Waals surface area (Å²) in [5.41, 5.74) is 10.4. The molecule has 0 aromatic heterocycles. The van der Waals surface area contributed by atoms with E-state index >= 15 is 0 Å². The average molecular weight is 394 g/mol. The third kappa shape index (κ3) is 2.78. The van der Waals surface area contributed by atoms with Crippen LogP contribution in [-0.2, 0) is 21.7 Å². The molecule has 0 saturated heterocycles. The van der Waals surface area contributed by atoms with Crippen LogP contribution in [0.15, 0.2) is 6.07 Å². The van der Waals surface area contributed by atoms with Gasteiger partial charge < -0.3 is 0 Å². The maximum atomic E-state index is 2.79. The lowest BCUT2D eigenvalue weighted by Gasteiger charge is -2.35. The molecule has 0 bridgehead atoms. The summed E-state index contributed by atoms with van der Waals surface area (Å²) in [5, 5.41) is 0. The van der Waals surface area contributed by atoms with Crippen LogP contribution in [0.2, 0.25) is 0 Å². The van der Waals surface area contributed by atoms with Gasteiger partial charge in [0.1, 0.15) is 7.85 Å². The second-order valence-corrected chi connectivity index (χ2v) is 10.6. The normalized spacial score (nSPS) is 22.5. The molecule has 1 aromatic rings. The van der Waals surface area contributed by atoms with Gasteiger partial charge in [0.05, 0.1) is 0 Å². The average Bonchev–Trinajstić information content (AvgIpc) is 3.23. The third-order valence-corrected chi connectivity index (χ3v) is 10.5. The van der Waals surface area contributed by atoms with Crippen LogP contribution in [0.5, 0.6) is 0 Å². The molecule has 0 unspecified atom stereocenters. The fraction of sp³-hybridized carbons (Fsp3) is 0.786. The lowest BCUT2D eigenvalue weighted by Crippen LogP contribution is -2.35. The first-order chi connectivity index (χ1) is 13.8. The highest BCUT2D eigenvalue weighted by Gasteiger charge is 2.55. The van der Waals surface area contributed by atoms with Gasteiger partial charge in [-0.05, 0) is 108 Å². The Labute approximate surface area is 183 Å². The molecule has 0 fully saturated rings. The van der Waals surface area contributed by atoms with E-state index in [9.17, 15) is 0 Å². The van der Waals surface area contributed by atoms with Crippen LogP contribution in [-0.4, -0.2) is 7.85 Å². The second kappa shape index (κ2) is 7.76. The van der Waals surface area contributed by atoms with E-state index in [0.29, 0.717) is 21.7 Å². The van der Waals surface area contributed by atoms with Gasteiger partial charge in [-0.25, -0.2) is 0 Å². The minimum atomic E-state index is 0.386. The number of benzene rings is 1. The van der Waals surface area contributed by atoms with E-state index in [1.807, 2.05) is 0 Å². The van der Waals surface area contributed by atoms with Crippen molar-refractivity contribution >= 4 is 13.3 Å². The summed E-state index contributed by atoms with van der Waals surface area (Å²) >= 11 is 0. The molecule has 0 heterocycles. The highest BCUT2D eigenvalue weighted by molar-refractivity contribution is 6.35. The minimum absolute atomic E-state index is 0.386. The third-order valence-electron chi connectivity index (χ3n) is 10.5. The van der Waals surface area contributed by atoms with E-state index in [1.165, 1.54) is 64.2 Å². The highest BCUT2D eigenvalue weighted by atomic mass is 14.6. The van der Waals surface area contributed by atoms with Crippen LogP contribution >= 0.6 is 0 Å². The molecule has 1 aromatic carbocycles. The van der Waals surface area contributed by atoms with Crippen molar-refractivity contribution in [3.63, 3.8) is 0 Å². The Morgan fingerprint density at radius 1 is 0.552 bits per heavy atom. The lowest BCUT2D eigenvalue weighted by molar-refractivity contribution is 0.279. The van der Waals surface area contributed by atoms with Crippen LogP contribution < -0.4 is 5.46 Å². The van der Waals surface area contributed by atoms with Gasteiger partial charge in [0.2, 0.25) is 0 Å².